The lowest BCUT2D eigenvalue weighted by Crippen LogP contribution is -2.16. The highest BCUT2D eigenvalue weighted by molar-refractivity contribution is 7.10. The van der Waals surface area contributed by atoms with Crippen molar-refractivity contribution in [3.63, 3.8) is 0 Å². The van der Waals surface area contributed by atoms with Crippen molar-refractivity contribution in [1.29, 1.82) is 0 Å². The molecular weight excluding hydrogens is 256 g/mol. The maximum absolute atomic E-state index is 4.30. The van der Waals surface area contributed by atoms with Crippen LogP contribution in [0.4, 0.5) is 11.6 Å². The van der Waals surface area contributed by atoms with Crippen molar-refractivity contribution in [2.45, 2.75) is 26.8 Å². The Labute approximate surface area is 118 Å². The average molecular weight is 276 g/mol. The summed E-state index contributed by atoms with van der Waals surface area (Å²) < 4.78 is 0. The summed E-state index contributed by atoms with van der Waals surface area (Å²) in [4.78, 5) is 9.81. The van der Waals surface area contributed by atoms with Gasteiger partial charge in [0.05, 0.1) is 6.04 Å². The van der Waals surface area contributed by atoms with Crippen molar-refractivity contribution in [3.8, 4) is 0 Å². The van der Waals surface area contributed by atoms with Crippen LogP contribution >= 0.6 is 11.3 Å². The van der Waals surface area contributed by atoms with E-state index < -0.39 is 0 Å². The van der Waals surface area contributed by atoms with Crippen LogP contribution in [0.3, 0.4) is 0 Å². The average Bonchev–Trinajstić information content (AvgIpc) is 2.90. The molecule has 0 spiro atoms. The fourth-order valence-electron chi connectivity index (χ4n) is 1.91. The molecule has 0 saturated carbocycles. The van der Waals surface area contributed by atoms with Crippen LogP contribution in [-0.2, 0) is 0 Å². The molecule has 0 aromatic carbocycles. The van der Waals surface area contributed by atoms with Crippen molar-refractivity contribution in [1.82, 2.24) is 9.97 Å². The molecule has 2 heterocycles. The Morgan fingerprint density at radius 2 is 2.05 bits per heavy atom. The summed E-state index contributed by atoms with van der Waals surface area (Å²) in [6.07, 6.45) is 1.59. The Balaban J connectivity index is 2.15. The van der Waals surface area contributed by atoms with Gasteiger partial charge in [-0.2, -0.15) is 0 Å². The van der Waals surface area contributed by atoms with E-state index in [4.69, 9.17) is 0 Å². The van der Waals surface area contributed by atoms with Crippen molar-refractivity contribution in [2.24, 2.45) is 5.92 Å². The first-order valence-electron chi connectivity index (χ1n) is 6.56. The fourth-order valence-corrected chi connectivity index (χ4v) is 2.86. The second-order valence-electron chi connectivity index (χ2n) is 4.70. The molecule has 1 atom stereocenters. The topological polar surface area (TPSA) is 49.8 Å². The SMILES string of the molecule is CCNc1cc(NC(c2cccs2)C(C)C)ncn1. The summed E-state index contributed by atoms with van der Waals surface area (Å²) in [6.45, 7) is 7.33. The largest absolute Gasteiger partial charge is 0.370 e. The molecule has 0 aliphatic heterocycles. The third-order valence-corrected chi connectivity index (χ3v) is 3.80. The molecule has 4 nitrogen and oxygen atoms in total. The van der Waals surface area contributed by atoms with E-state index in [9.17, 15) is 0 Å². The van der Waals surface area contributed by atoms with E-state index in [1.165, 1.54) is 4.88 Å². The molecule has 0 amide bonds. The molecule has 102 valence electrons. The second-order valence-corrected chi connectivity index (χ2v) is 5.68. The van der Waals surface area contributed by atoms with E-state index in [1.807, 2.05) is 6.07 Å². The maximum atomic E-state index is 4.30. The predicted octanol–water partition coefficient (Wildman–Crippen LogP) is 3.78. The molecule has 5 heteroatoms. The zero-order valence-corrected chi connectivity index (χ0v) is 12.4. The molecule has 2 rings (SSSR count). The fraction of sp³-hybridized carbons (Fsp3) is 0.429. The van der Waals surface area contributed by atoms with Crippen LogP contribution in [0.25, 0.3) is 0 Å². The monoisotopic (exact) mass is 276 g/mol. The van der Waals surface area contributed by atoms with E-state index in [0.29, 0.717) is 5.92 Å². The molecule has 0 saturated heterocycles. The van der Waals surface area contributed by atoms with Gasteiger partial charge < -0.3 is 10.6 Å². The minimum Gasteiger partial charge on any atom is -0.370 e. The maximum Gasteiger partial charge on any atom is 0.131 e. The van der Waals surface area contributed by atoms with Gasteiger partial charge >= 0.3 is 0 Å². The number of hydrogen-bond acceptors (Lipinski definition) is 5. The zero-order chi connectivity index (χ0) is 13.7. The van der Waals surface area contributed by atoms with Crippen LogP contribution in [-0.4, -0.2) is 16.5 Å². The van der Waals surface area contributed by atoms with Gasteiger partial charge in [0.25, 0.3) is 0 Å². The highest BCUT2D eigenvalue weighted by atomic mass is 32.1. The smallest absolute Gasteiger partial charge is 0.131 e. The molecule has 2 aromatic rings. The van der Waals surface area contributed by atoms with Gasteiger partial charge in [0.1, 0.15) is 18.0 Å². The summed E-state index contributed by atoms with van der Waals surface area (Å²) in [7, 11) is 0. The first-order valence-corrected chi connectivity index (χ1v) is 7.44. The number of hydrogen-bond donors (Lipinski definition) is 2. The molecule has 0 bridgehead atoms. The van der Waals surface area contributed by atoms with Crippen molar-refractivity contribution in [3.05, 3.63) is 34.8 Å². The van der Waals surface area contributed by atoms with Crippen LogP contribution < -0.4 is 10.6 Å². The lowest BCUT2D eigenvalue weighted by molar-refractivity contribution is 0.552. The molecule has 0 radical (unpaired) electrons. The summed E-state index contributed by atoms with van der Waals surface area (Å²) in [6, 6.07) is 6.48. The van der Waals surface area contributed by atoms with Crippen molar-refractivity contribution >= 4 is 23.0 Å². The van der Waals surface area contributed by atoms with Gasteiger partial charge in [0.2, 0.25) is 0 Å². The van der Waals surface area contributed by atoms with Crippen LogP contribution in [0.15, 0.2) is 29.9 Å². The van der Waals surface area contributed by atoms with Gasteiger partial charge in [0, 0.05) is 17.5 Å². The van der Waals surface area contributed by atoms with E-state index in [2.05, 4.69) is 58.9 Å². The Morgan fingerprint density at radius 1 is 1.26 bits per heavy atom. The third-order valence-electron chi connectivity index (χ3n) is 2.84. The summed E-state index contributed by atoms with van der Waals surface area (Å²) in [5.74, 6) is 2.21. The van der Waals surface area contributed by atoms with E-state index in [0.717, 1.165) is 18.2 Å². The molecule has 2 aromatic heterocycles. The van der Waals surface area contributed by atoms with Crippen LogP contribution in [0.2, 0.25) is 0 Å². The van der Waals surface area contributed by atoms with Crippen LogP contribution in [0, 0.1) is 5.92 Å². The third kappa shape index (κ3) is 3.67. The lowest BCUT2D eigenvalue weighted by Gasteiger charge is -2.22. The predicted molar refractivity (Wildman–Crippen MR) is 81.7 cm³/mol. The van der Waals surface area contributed by atoms with Gasteiger partial charge in [-0.15, -0.1) is 11.3 Å². The Morgan fingerprint density at radius 3 is 2.68 bits per heavy atom. The van der Waals surface area contributed by atoms with Gasteiger partial charge in [0.15, 0.2) is 0 Å². The van der Waals surface area contributed by atoms with Gasteiger partial charge in [-0.1, -0.05) is 19.9 Å². The Kier molecular flexibility index (Phi) is 4.74. The Hall–Kier alpha value is -1.62. The number of anilines is 2. The highest BCUT2D eigenvalue weighted by Crippen LogP contribution is 2.29. The van der Waals surface area contributed by atoms with Crippen LogP contribution in [0.5, 0.6) is 0 Å². The first-order chi connectivity index (χ1) is 9.20. The van der Waals surface area contributed by atoms with E-state index >= 15 is 0 Å². The lowest BCUT2D eigenvalue weighted by atomic mass is 10.0. The van der Waals surface area contributed by atoms with E-state index in [1.54, 1.807) is 17.7 Å². The summed E-state index contributed by atoms with van der Waals surface area (Å²) in [5.41, 5.74) is 0. The van der Waals surface area contributed by atoms with Crippen LogP contribution in [0.1, 0.15) is 31.7 Å². The number of nitrogens with one attached hydrogen (secondary N) is 2. The number of rotatable bonds is 6. The molecule has 0 aliphatic rings. The molecule has 1 unspecified atom stereocenters. The summed E-state index contributed by atoms with van der Waals surface area (Å²) >= 11 is 1.77. The molecular formula is C14H20N4S. The number of nitrogens with zero attached hydrogens (tertiary/aromatic N) is 2. The molecule has 0 fully saturated rings. The standard InChI is InChI=1S/C14H20N4S/c1-4-15-12-8-13(17-9-16-12)18-14(10(2)3)11-6-5-7-19-11/h5-10,14H,4H2,1-3H3,(H2,15,16,17,18). The number of aromatic nitrogens is 2. The first kappa shape index (κ1) is 13.8. The Bertz CT molecular complexity index is 496. The normalized spacial score (nSPS) is 12.4. The van der Waals surface area contributed by atoms with Crippen molar-refractivity contribution in [2.75, 3.05) is 17.2 Å². The van der Waals surface area contributed by atoms with Gasteiger partial charge in [-0.05, 0) is 24.3 Å². The van der Waals surface area contributed by atoms with Crippen molar-refractivity contribution < 1.29 is 0 Å². The van der Waals surface area contributed by atoms with Gasteiger partial charge in [-0.3, -0.25) is 0 Å². The highest BCUT2D eigenvalue weighted by Gasteiger charge is 2.17. The minimum absolute atomic E-state index is 0.282. The minimum atomic E-state index is 0.282. The summed E-state index contributed by atoms with van der Waals surface area (Å²) in [5, 5.41) is 8.80. The molecule has 0 aliphatic carbocycles. The molecule has 19 heavy (non-hydrogen) atoms. The number of thiophene rings is 1. The molecule has 2 N–H and O–H groups in total. The zero-order valence-electron chi connectivity index (χ0n) is 11.6. The van der Waals surface area contributed by atoms with E-state index in [-0.39, 0.29) is 6.04 Å². The second kappa shape index (κ2) is 6.52. The van der Waals surface area contributed by atoms with Gasteiger partial charge in [-0.25, -0.2) is 9.97 Å². The quantitative estimate of drug-likeness (QED) is 0.843.